The van der Waals surface area contributed by atoms with Gasteiger partial charge in [0.1, 0.15) is 31.2 Å². The van der Waals surface area contributed by atoms with E-state index in [1.165, 1.54) is 0 Å². The molecule has 3 aromatic rings. The Morgan fingerprint density at radius 2 is 1.71 bits per heavy atom. The smallest absolute Gasteiger partial charge is 0.250 e. The molecule has 0 N–H and O–H groups in total. The molecule has 0 spiro atoms. The lowest BCUT2D eigenvalue weighted by molar-refractivity contribution is -0.688. The molecule has 0 saturated heterocycles. The average Bonchev–Trinajstić information content (AvgIpc) is 2.68. The van der Waals surface area contributed by atoms with Gasteiger partial charge in [-0.05, 0) is 49.3 Å². The molecule has 0 aliphatic rings. The van der Waals surface area contributed by atoms with Crippen molar-refractivity contribution < 1.29 is 12.7 Å². The predicted octanol–water partition coefficient (Wildman–Crippen LogP) is 7.32. The molecular weight excluding hydrogens is 469 g/mol. The highest BCUT2D eigenvalue weighted by atomic mass is 35.5. The van der Waals surface area contributed by atoms with Gasteiger partial charge in [-0.2, -0.15) is 0 Å². The zero-order valence-corrected chi connectivity index (χ0v) is 22.2. The van der Waals surface area contributed by atoms with E-state index in [9.17, 15) is 4.79 Å². The fourth-order valence-electron chi connectivity index (χ4n) is 2.93. The van der Waals surface area contributed by atoms with E-state index in [0.717, 1.165) is 15.1 Å². The molecule has 0 atom stereocenters. The molecule has 168 valence electrons. The van der Waals surface area contributed by atoms with E-state index < -0.39 is 8.32 Å². The first kappa shape index (κ1) is 24.3. The Bertz CT molecular complexity index is 1160. The lowest BCUT2D eigenvalue weighted by atomic mass is 10.1. The fourth-order valence-corrected chi connectivity index (χ4v) is 5.31. The van der Waals surface area contributed by atoms with Gasteiger partial charge in [-0.15, -0.1) is 14.9 Å². The van der Waals surface area contributed by atoms with Crippen LogP contribution in [-0.2, 0) is 0 Å². The minimum atomic E-state index is -2.09. The highest BCUT2D eigenvalue weighted by Gasteiger charge is 2.39. The maximum atomic E-state index is 13.5. The second-order valence-electron chi connectivity index (χ2n) is 9.21. The first-order valence-electron chi connectivity index (χ1n) is 10.4. The molecule has 8 heteroatoms. The van der Waals surface area contributed by atoms with Gasteiger partial charge in [0, 0.05) is 10.1 Å². The molecule has 1 aromatic heterocycles. The summed E-state index contributed by atoms with van der Waals surface area (Å²) in [6.07, 6.45) is 0. The van der Waals surface area contributed by atoms with Gasteiger partial charge in [0.15, 0.2) is 29.0 Å². The second kappa shape index (κ2) is 8.91. The fraction of sp³-hybridized carbons (Fsp3) is 0.435. The average molecular weight is 500 g/mol. The first-order chi connectivity index (χ1) is 14.4. The number of hydrogen-bond acceptors (Lipinski definition) is 4. The van der Waals surface area contributed by atoms with E-state index in [0.29, 0.717) is 36.2 Å². The number of ether oxygens (including phenoxy) is 1. The van der Waals surface area contributed by atoms with Crippen molar-refractivity contribution in [2.45, 2.75) is 45.8 Å². The Morgan fingerprint density at radius 3 is 2.35 bits per heavy atom. The highest BCUT2D eigenvalue weighted by Crippen LogP contribution is 2.42. The van der Waals surface area contributed by atoms with Crippen molar-refractivity contribution in [3.05, 3.63) is 46.6 Å². The van der Waals surface area contributed by atoms with Crippen molar-refractivity contribution in [1.29, 1.82) is 0 Å². The minimum absolute atomic E-state index is 0.0401. The summed E-state index contributed by atoms with van der Waals surface area (Å²) in [5.74, 6) is 1.28. The molecule has 31 heavy (non-hydrogen) atoms. The van der Waals surface area contributed by atoms with Crippen LogP contribution in [0, 0.1) is 0 Å². The van der Waals surface area contributed by atoms with Crippen LogP contribution in [0.1, 0.15) is 27.7 Å². The number of nitrogens with zero attached hydrogens (tertiary/aromatic N) is 1. The van der Waals surface area contributed by atoms with Crippen molar-refractivity contribution in [1.82, 2.24) is 0 Å². The van der Waals surface area contributed by atoms with Crippen LogP contribution in [0.25, 0.3) is 20.2 Å². The summed E-state index contributed by atoms with van der Waals surface area (Å²) in [7, 11) is -2.09. The van der Waals surface area contributed by atoms with Crippen LogP contribution in [0.4, 0.5) is 0 Å². The van der Waals surface area contributed by atoms with Crippen LogP contribution in [0.3, 0.4) is 0 Å². The second-order valence-corrected chi connectivity index (χ2v) is 16.5. The highest BCUT2D eigenvalue weighted by molar-refractivity contribution is 7.25. The quantitative estimate of drug-likeness (QED) is 0.194. The third kappa shape index (κ3) is 5.20. The van der Waals surface area contributed by atoms with Crippen molar-refractivity contribution >= 4 is 63.4 Å². The van der Waals surface area contributed by atoms with Crippen LogP contribution < -0.4 is 14.6 Å². The van der Waals surface area contributed by atoms with Gasteiger partial charge in [-0.3, -0.25) is 4.79 Å². The molecular formula is C23H30Cl2NO3SSi+. The Balaban J connectivity index is 2.14. The molecule has 4 nitrogen and oxygen atoms in total. The maximum absolute atomic E-state index is 13.5. The van der Waals surface area contributed by atoms with Gasteiger partial charge in [-0.25, -0.2) is 0 Å². The Labute approximate surface area is 199 Å². The summed E-state index contributed by atoms with van der Waals surface area (Å²) >= 11 is 14.0. The molecule has 0 fully saturated rings. The van der Waals surface area contributed by atoms with Crippen LogP contribution in [0.5, 0.6) is 11.5 Å². The van der Waals surface area contributed by atoms with Crippen molar-refractivity contribution in [2.24, 2.45) is 0 Å². The molecule has 2 aromatic carbocycles. The molecule has 0 amide bonds. The zero-order chi connectivity index (χ0) is 23.0. The lowest BCUT2D eigenvalue weighted by Crippen LogP contribution is -2.43. The first-order valence-corrected chi connectivity index (χ1v) is 14.8. The maximum Gasteiger partial charge on any atom is 0.250 e. The minimum Gasteiger partial charge on any atom is -0.543 e. The molecule has 1 heterocycles. The molecule has 0 radical (unpaired) electrons. The summed E-state index contributed by atoms with van der Waals surface area (Å²) in [6.45, 7) is 14.2. The van der Waals surface area contributed by atoms with E-state index in [1.54, 1.807) is 11.3 Å². The van der Waals surface area contributed by atoms with Gasteiger partial charge in [0.2, 0.25) is 0 Å². The summed E-state index contributed by atoms with van der Waals surface area (Å²) in [6, 6.07) is 11.4. The number of halogens is 2. The lowest BCUT2D eigenvalue weighted by Gasteiger charge is -2.36. The molecule has 0 aliphatic heterocycles. The summed E-state index contributed by atoms with van der Waals surface area (Å²) in [5, 5.41) is 1.28. The van der Waals surface area contributed by atoms with E-state index in [4.69, 9.17) is 32.7 Å². The molecule has 0 aliphatic carbocycles. The SMILES string of the molecule is CC[N+](Cl)(Cl)CCOc1ccc(O[Si](C)(C)C(C)(C)C)c2sc3ccccc3c(=O)c12. The third-order valence-electron chi connectivity index (χ3n) is 5.96. The number of quaternary nitrogens is 1. The number of benzene rings is 2. The topological polar surface area (TPSA) is 35.5 Å². The van der Waals surface area contributed by atoms with Crippen LogP contribution in [0.2, 0.25) is 18.1 Å². The number of fused-ring (bicyclic) bond motifs is 2. The van der Waals surface area contributed by atoms with Crippen molar-refractivity contribution in [3.8, 4) is 11.5 Å². The third-order valence-corrected chi connectivity index (χ3v) is 12.3. The van der Waals surface area contributed by atoms with Gasteiger partial charge in [-0.1, -0.05) is 32.9 Å². The van der Waals surface area contributed by atoms with Gasteiger partial charge >= 0.3 is 0 Å². The molecule has 3 rings (SSSR count). The molecule has 0 bridgehead atoms. The van der Waals surface area contributed by atoms with E-state index in [2.05, 4.69) is 33.9 Å². The number of likely N-dealkylation sites (N-methyl/N-ethyl adjacent to an activating group) is 1. The Morgan fingerprint density at radius 1 is 1.06 bits per heavy atom. The monoisotopic (exact) mass is 498 g/mol. The zero-order valence-electron chi connectivity index (χ0n) is 18.9. The van der Waals surface area contributed by atoms with Crippen LogP contribution in [0.15, 0.2) is 41.2 Å². The van der Waals surface area contributed by atoms with Crippen LogP contribution >= 0.6 is 34.9 Å². The Hall–Kier alpha value is -1.31. The molecule has 0 unspecified atom stereocenters. The number of rotatable bonds is 7. The largest absolute Gasteiger partial charge is 0.543 e. The number of hydrogen-bond donors (Lipinski definition) is 0. The van der Waals surface area contributed by atoms with E-state index in [-0.39, 0.29) is 14.0 Å². The summed E-state index contributed by atoms with van der Waals surface area (Å²) in [5.41, 5.74) is -0.0481. The Kier molecular flexibility index (Phi) is 6.99. The van der Waals surface area contributed by atoms with E-state index in [1.807, 2.05) is 43.3 Å². The van der Waals surface area contributed by atoms with Gasteiger partial charge in [0.05, 0.1) is 10.1 Å². The predicted molar refractivity (Wildman–Crippen MR) is 136 cm³/mol. The summed E-state index contributed by atoms with van der Waals surface area (Å²) < 4.78 is 14.2. The van der Waals surface area contributed by atoms with E-state index >= 15 is 0 Å². The van der Waals surface area contributed by atoms with Crippen molar-refractivity contribution in [2.75, 3.05) is 19.7 Å². The summed E-state index contributed by atoms with van der Waals surface area (Å²) in [4.78, 5) is 13.5. The molecule has 0 saturated carbocycles. The van der Waals surface area contributed by atoms with Crippen molar-refractivity contribution in [3.63, 3.8) is 0 Å². The van der Waals surface area contributed by atoms with Crippen LogP contribution in [-0.4, -0.2) is 31.5 Å². The standard InChI is InChI=1S/C23H30Cl2NO3SSi/c1-7-26(24,25)14-15-28-17-12-13-18(29-31(5,6)23(2,3)4)22-20(17)21(27)16-10-8-9-11-19(16)30-22/h8-13H,7,14-15H2,1-6H3/q+1. The van der Waals surface area contributed by atoms with Gasteiger partial charge in [0.25, 0.3) is 8.32 Å². The normalized spacial score (nSPS) is 13.0. The van der Waals surface area contributed by atoms with Gasteiger partial charge < -0.3 is 9.16 Å².